The molecule has 2 nitrogen and oxygen atoms in total. The number of rotatable bonds is 2. The lowest BCUT2D eigenvalue weighted by Crippen LogP contribution is -1.86. The first-order valence-electron chi connectivity index (χ1n) is 4.49. The molecule has 0 spiro atoms. The van der Waals surface area contributed by atoms with Gasteiger partial charge in [-0.25, -0.2) is 9.97 Å². The molecule has 0 radical (unpaired) electrons. The van der Waals surface area contributed by atoms with Gasteiger partial charge in [-0.15, -0.1) is 0 Å². The van der Waals surface area contributed by atoms with Crippen LogP contribution in [-0.2, 0) is 0 Å². The predicted molar refractivity (Wildman–Crippen MR) is 65.3 cm³/mol. The molecule has 0 N–H and O–H groups in total. The summed E-state index contributed by atoms with van der Waals surface area (Å²) in [5.41, 5.74) is 3.07. The highest BCUT2D eigenvalue weighted by Gasteiger charge is 2.03. The van der Waals surface area contributed by atoms with E-state index in [0.29, 0.717) is 0 Å². The summed E-state index contributed by atoms with van der Waals surface area (Å²) in [6, 6.07) is 8.06. The Bertz CT molecular complexity index is 477. The van der Waals surface area contributed by atoms with Gasteiger partial charge in [0.05, 0.1) is 10.2 Å². The lowest BCUT2D eigenvalue weighted by Gasteiger charge is -2.02. The molecule has 1 aromatic heterocycles. The molecule has 0 amide bonds. The van der Waals surface area contributed by atoms with Crippen molar-refractivity contribution in [2.24, 2.45) is 0 Å². The average molecular weight is 261 g/mol. The van der Waals surface area contributed by atoms with Crippen molar-refractivity contribution in [1.82, 2.24) is 9.97 Å². The lowest BCUT2D eigenvalue weighted by molar-refractivity contribution is 1.16. The molecular formula is C12H9BrN2. The summed E-state index contributed by atoms with van der Waals surface area (Å²) in [5.74, 6) is 0. The topological polar surface area (TPSA) is 25.8 Å². The minimum Gasteiger partial charge on any atom is -0.244 e. The summed E-state index contributed by atoms with van der Waals surface area (Å²) in [4.78, 5) is 8.15. The molecule has 0 aliphatic rings. The van der Waals surface area contributed by atoms with Crippen LogP contribution >= 0.6 is 15.9 Å². The van der Waals surface area contributed by atoms with E-state index in [1.54, 1.807) is 12.5 Å². The zero-order chi connectivity index (χ0) is 10.7. The fourth-order valence-electron chi connectivity index (χ4n) is 1.30. The standard InChI is InChI=1S/C12H9BrN2/c1-2-9-3-5-10(6-4-9)12-11(13)7-14-8-15-12/h2-8H,1H2. The second-order valence-electron chi connectivity index (χ2n) is 3.05. The molecular weight excluding hydrogens is 252 g/mol. The molecule has 0 unspecified atom stereocenters. The van der Waals surface area contributed by atoms with Crippen LogP contribution in [0, 0.1) is 0 Å². The largest absolute Gasteiger partial charge is 0.244 e. The monoisotopic (exact) mass is 260 g/mol. The van der Waals surface area contributed by atoms with E-state index in [0.717, 1.165) is 21.3 Å². The van der Waals surface area contributed by atoms with Crippen molar-refractivity contribution in [2.45, 2.75) is 0 Å². The lowest BCUT2D eigenvalue weighted by atomic mass is 10.1. The second kappa shape index (κ2) is 4.36. The zero-order valence-electron chi connectivity index (χ0n) is 8.02. The molecule has 15 heavy (non-hydrogen) atoms. The molecule has 2 aromatic rings. The number of halogens is 1. The van der Waals surface area contributed by atoms with Gasteiger partial charge < -0.3 is 0 Å². The van der Waals surface area contributed by atoms with Crippen LogP contribution in [0.1, 0.15) is 5.56 Å². The summed E-state index contributed by atoms with van der Waals surface area (Å²) in [7, 11) is 0. The maximum atomic E-state index is 4.22. The van der Waals surface area contributed by atoms with Crippen LogP contribution in [0.2, 0.25) is 0 Å². The fraction of sp³-hybridized carbons (Fsp3) is 0. The van der Waals surface area contributed by atoms with Crippen LogP contribution in [-0.4, -0.2) is 9.97 Å². The highest BCUT2D eigenvalue weighted by atomic mass is 79.9. The summed E-state index contributed by atoms with van der Waals surface area (Å²) in [6.45, 7) is 3.72. The van der Waals surface area contributed by atoms with Crippen LogP contribution in [0.15, 0.2) is 47.8 Å². The van der Waals surface area contributed by atoms with E-state index < -0.39 is 0 Å². The van der Waals surface area contributed by atoms with Crippen molar-refractivity contribution in [3.05, 3.63) is 53.4 Å². The Morgan fingerprint density at radius 1 is 1.20 bits per heavy atom. The highest BCUT2D eigenvalue weighted by molar-refractivity contribution is 9.10. The normalized spacial score (nSPS) is 9.93. The number of hydrogen-bond acceptors (Lipinski definition) is 2. The van der Waals surface area contributed by atoms with Crippen molar-refractivity contribution < 1.29 is 0 Å². The first-order valence-corrected chi connectivity index (χ1v) is 5.29. The number of hydrogen-bond donors (Lipinski definition) is 0. The van der Waals surface area contributed by atoms with Crippen molar-refractivity contribution in [3.63, 3.8) is 0 Å². The molecule has 2 rings (SSSR count). The molecule has 74 valence electrons. The van der Waals surface area contributed by atoms with Crippen LogP contribution in [0.5, 0.6) is 0 Å². The third-order valence-corrected chi connectivity index (χ3v) is 2.67. The van der Waals surface area contributed by atoms with Gasteiger partial charge in [-0.1, -0.05) is 36.9 Å². The maximum absolute atomic E-state index is 4.22. The Hall–Kier alpha value is -1.48. The Kier molecular flexibility index (Phi) is 2.92. The Morgan fingerprint density at radius 2 is 1.93 bits per heavy atom. The Morgan fingerprint density at radius 3 is 2.53 bits per heavy atom. The smallest absolute Gasteiger partial charge is 0.116 e. The van der Waals surface area contributed by atoms with E-state index in [1.165, 1.54) is 0 Å². The number of benzene rings is 1. The first kappa shape index (κ1) is 10.1. The minimum absolute atomic E-state index is 0.899. The van der Waals surface area contributed by atoms with E-state index in [9.17, 15) is 0 Å². The van der Waals surface area contributed by atoms with Gasteiger partial charge in [0.2, 0.25) is 0 Å². The van der Waals surface area contributed by atoms with E-state index in [-0.39, 0.29) is 0 Å². The minimum atomic E-state index is 0.899. The van der Waals surface area contributed by atoms with E-state index in [4.69, 9.17) is 0 Å². The molecule has 0 bridgehead atoms. The Labute approximate surface area is 96.8 Å². The van der Waals surface area contributed by atoms with Gasteiger partial charge >= 0.3 is 0 Å². The number of aromatic nitrogens is 2. The van der Waals surface area contributed by atoms with Gasteiger partial charge in [-0.3, -0.25) is 0 Å². The first-order chi connectivity index (χ1) is 7.31. The van der Waals surface area contributed by atoms with Gasteiger partial charge in [0.25, 0.3) is 0 Å². The van der Waals surface area contributed by atoms with Crippen molar-refractivity contribution >= 4 is 22.0 Å². The second-order valence-corrected chi connectivity index (χ2v) is 3.90. The van der Waals surface area contributed by atoms with Gasteiger partial charge in [0.1, 0.15) is 6.33 Å². The summed E-state index contributed by atoms with van der Waals surface area (Å²) in [6.07, 6.45) is 5.10. The maximum Gasteiger partial charge on any atom is 0.116 e. The van der Waals surface area contributed by atoms with Crippen LogP contribution in [0.4, 0.5) is 0 Å². The van der Waals surface area contributed by atoms with Gasteiger partial charge in [-0.05, 0) is 21.5 Å². The number of nitrogens with zero attached hydrogens (tertiary/aromatic N) is 2. The summed E-state index contributed by atoms with van der Waals surface area (Å²) < 4.78 is 0.899. The van der Waals surface area contributed by atoms with Gasteiger partial charge in [0.15, 0.2) is 0 Å². The molecule has 0 aliphatic heterocycles. The zero-order valence-corrected chi connectivity index (χ0v) is 9.61. The molecule has 0 atom stereocenters. The molecule has 3 heteroatoms. The third-order valence-electron chi connectivity index (χ3n) is 2.09. The predicted octanol–water partition coefficient (Wildman–Crippen LogP) is 3.55. The summed E-state index contributed by atoms with van der Waals surface area (Å²) >= 11 is 3.42. The molecule has 0 saturated carbocycles. The Balaban J connectivity index is 2.46. The average Bonchev–Trinajstić information content (AvgIpc) is 2.30. The van der Waals surface area contributed by atoms with E-state index in [2.05, 4.69) is 32.5 Å². The quantitative estimate of drug-likeness (QED) is 0.826. The fourth-order valence-corrected chi connectivity index (χ4v) is 1.75. The SMILES string of the molecule is C=Cc1ccc(-c2ncncc2Br)cc1. The molecule has 1 aromatic carbocycles. The van der Waals surface area contributed by atoms with Crippen molar-refractivity contribution in [2.75, 3.05) is 0 Å². The highest BCUT2D eigenvalue weighted by Crippen LogP contribution is 2.24. The third kappa shape index (κ3) is 2.13. The van der Waals surface area contributed by atoms with Crippen LogP contribution in [0.25, 0.3) is 17.3 Å². The molecule has 0 fully saturated rings. The molecule has 1 heterocycles. The summed E-state index contributed by atoms with van der Waals surface area (Å²) in [5, 5.41) is 0. The van der Waals surface area contributed by atoms with E-state index in [1.807, 2.05) is 30.3 Å². The van der Waals surface area contributed by atoms with Crippen LogP contribution < -0.4 is 0 Å². The van der Waals surface area contributed by atoms with Crippen molar-refractivity contribution in [3.8, 4) is 11.3 Å². The molecule has 0 saturated heterocycles. The van der Waals surface area contributed by atoms with E-state index >= 15 is 0 Å². The van der Waals surface area contributed by atoms with Gasteiger partial charge in [-0.2, -0.15) is 0 Å². The molecule has 0 aliphatic carbocycles. The van der Waals surface area contributed by atoms with Crippen molar-refractivity contribution in [1.29, 1.82) is 0 Å². The van der Waals surface area contributed by atoms with Gasteiger partial charge in [0, 0.05) is 11.8 Å². The van der Waals surface area contributed by atoms with Crippen LogP contribution in [0.3, 0.4) is 0 Å².